The van der Waals surface area contributed by atoms with Gasteiger partial charge in [-0.1, -0.05) is 6.92 Å². The monoisotopic (exact) mass is 325 g/mol. The van der Waals surface area contributed by atoms with Crippen molar-refractivity contribution >= 4 is 17.5 Å². The Balaban J connectivity index is 3.07. The van der Waals surface area contributed by atoms with E-state index < -0.39 is 34.6 Å². The number of hydrogen-bond donors (Lipinski definition) is 1. The van der Waals surface area contributed by atoms with Crippen molar-refractivity contribution in [2.75, 3.05) is 5.88 Å². The zero-order chi connectivity index (χ0) is 16.3. The summed E-state index contributed by atoms with van der Waals surface area (Å²) >= 11 is 5.64. The molecule has 0 aliphatic carbocycles. The van der Waals surface area contributed by atoms with Gasteiger partial charge in [-0.25, -0.2) is 4.39 Å². The third-order valence-corrected chi connectivity index (χ3v) is 3.57. The van der Waals surface area contributed by atoms with Crippen LogP contribution in [-0.2, 0) is 6.18 Å². The van der Waals surface area contributed by atoms with E-state index in [-0.39, 0.29) is 5.88 Å². The van der Waals surface area contributed by atoms with Crippen LogP contribution in [-0.4, -0.2) is 17.3 Å². The molecule has 1 rings (SSSR count). The van der Waals surface area contributed by atoms with Gasteiger partial charge in [-0.05, 0) is 38.0 Å². The number of halogens is 5. The number of carbonyl (C=O) groups excluding carboxylic acids is 1. The summed E-state index contributed by atoms with van der Waals surface area (Å²) in [6, 6.07) is 1.76. The van der Waals surface area contributed by atoms with Crippen molar-refractivity contribution < 1.29 is 22.4 Å². The summed E-state index contributed by atoms with van der Waals surface area (Å²) in [5.74, 6) is -1.60. The maximum Gasteiger partial charge on any atom is 0.416 e. The second-order valence-corrected chi connectivity index (χ2v) is 5.38. The Labute approximate surface area is 125 Å². The highest BCUT2D eigenvalue weighted by Gasteiger charge is 2.33. The van der Waals surface area contributed by atoms with Gasteiger partial charge in [0.2, 0.25) is 0 Å². The second kappa shape index (κ2) is 6.64. The van der Waals surface area contributed by atoms with Crippen LogP contribution < -0.4 is 5.32 Å². The lowest BCUT2D eigenvalue weighted by Crippen LogP contribution is -2.46. The van der Waals surface area contributed by atoms with Crippen molar-refractivity contribution in [3.8, 4) is 0 Å². The highest BCUT2D eigenvalue weighted by atomic mass is 35.5. The molecule has 0 fully saturated rings. The molecule has 0 spiro atoms. The molecular formula is C14H16ClF4NO. The SMILES string of the molecule is CCC(C)(CCCl)NC(=O)c1cc(C(F)(F)F)ccc1F. The number of alkyl halides is 4. The molecule has 1 atom stereocenters. The summed E-state index contributed by atoms with van der Waals surface area (Å²) in [6.45, 7) is 3.51. The molecule has 0 saturated heterocycles. The van der Waals surface area contributed by atoms with Gasteiger partial charge in [0.05, 0.1) is 11.1 Å². The Bertz CT molecular complexity index is 518. The van der Waals surface area contributed by atoms with Crippen LogP contribution in [0.25, 0.3) is 0 Å². The summed E-state index contributed by atoms with van der Waals surface area (Å²) in [4.78, 5) is 12.0. The lowest BCUT2D eigenvalue weighted by Gasteiger charge is -2.29. The first kappa shape index (κ1) is 17.8. The molecule has 0 radical (unpaired) electrons. The molecule has 1 N–H and O–H groups in total. The van der Waals surface area contributed by atoms with E-state index in [1.165, 1.54) is 0 Å². The van der Waals surface area contributed by atoms with E-state index in [9.17, 15) is 22.4 Å². The molecule has 0 heterocycles. The van der Waals surface area contributed by atoms with E-state index in [4.69, 9.17) is 11.6 Å². The smallest absolute Gasteiger partial charge is 0.347 e. The van der Waals surface area contributed by atoms with Crippen molar-refractivity contribution in [1.82, 2.24) is 5.32 Å². The lowest BCUT2D eigenvalue weighted by atomic mass is 9.94. The average Bonchev–Trinajstić information content (AvgIpc) is 2.37. The summed E-state index contributed by atoms with van der Waals surface area (Å²) in [5.41, 5.74) is -2.39. The van der Waals surface area contributed by atoms with Crippen LogP contribution in [0.5, 0.6) is 0 Å². The van der Waals surface area contributed by atoms with Crippen LogP contribution in [0.2, 0.25) is 0 Å². The van der Waals surface area contributed by atoms with Gasteiger partial charge in [-0.15, -0.1) is 11.6 Å². The minimum Gasteiger partial charge on any atom is -0.347 e. The lowest BCUT2D eigenvalue weighted by molar-refractivity contribution is -0.137. The molecule has 2 nitrogen and oxygen atoms in total. The Morgan fingerprint density at radius 1 is 1.33 bits per heavy atom. The predicted octanol–water partition coefficient (Wildman–Crippen LogP) is 4.37. The van der Waals surface area contributed by atoms with Gasteiger partial charge in [-0.3, -0.25) is 4.79 Å². The van der Waals surface area contributed by atoms with Gasteiger partial charge in [0.25, 0.3) is 5.91 Å². The van der Waals surface area contributed by atoms with E-state index in [1.54, 1.807) is 13.8 Å². The quantitative estimate of drug-likeness (QED) is 0.632. The molecule has 0 aliphatic heterocycles. The normalized spacial score (nSPS) is 14.6. The zero-order valence-electron chi connectivity index (χ0n) is 11.7. The molecule has 1 aromatic rings. The molecule has 0 bridgehead atoms. The van der Waals surface area contributed by atoms with E-state index in [1.807, 2.05) is 0 Å². The first-order chi connectivity index (χ1) is 9.63. The summed E-state index contributed by atoms with van der Waals surface area (Å²) in [7, 11) is 0. The van der Waals surface area contributed by atoms with Crippen LogP contribution in [0.4, 0.5) is 17.6 Å². The van der Waals surface area contributed by atoms with Crippen LogP contribution in [0.15, 0.2) is 18.2 Å². The molecule has 0 aliphatic rings. The third kappa shape index (κ3) is 4.59. The third-order valence-electron chi connectivity index (χ3n) is 3.38. The minimum atomic E-state index is -4.63. The van der Waals surface area contributed by atoms with Crippen LogP contribution in [0.3, 0.4) is 0 Å². The number of carbonyl (C=O) groups is 1. The van der Waals surface area contributed by atoms with Crippen LogP contribution >= 0.6 is 11.6 Å². The second-order valence-electron chi connectivity index (χ2n) is 5.00. The van der Waals surface area contributed by atoms with Crippen molar-refractivity contribution in [3.05, 3.63) is 35.1 Å². The molecule has 1 aromatic carbocycles. The highest BCUT2D eigenvalue weighted by molar-refractivity contribution is 6.17. The fourth-order valence-corrected chi connectivity index (χ4v) is 2.17. The number of nitrogens with one attached hydrogen (secondary N) is 1. The van der Waals surface area contributed by atoms with Gasteiger partial charge in [-0.2, -0.15) is 13.2 Å². The van der Waals surface area contributed by atoms with Crippen molar-refractivity contribution in [2.45, 2.75) is 38.4 Å². The Hall–Kier alpha value is -1.30. The Morgan fingerprint density at radius 3 is 2.43 bits per heavy atom. The number of benzene rings is 1. The average molecular weight is 326 g/mol. The van der Waals surface area contributed by atoms with E-state index >= 15 is 0 Å². The molecule has 1 amide bonds. The van der Waals surface area contributed by atoms with Crippen LogP contribution in [0, 0.1) is 5.82 Å². The topological polar surface area (TPSA) is 29.1 Å². The molecule has 7 heteroatoms. The molecule has 0 aromatic heterocycles. The van der Waals surface area contributed by atoms with E-state index in [2.05, 4.69) is 5.32 Å². The minimum absolute atomic E-state index is 0.274. The maximum absolute atomic E-state index is 13.6. The fraction of sp³-hybridized carbons (Fsp3) is 0.500. The van der Waals surface area contributed by atoms with Crippen molar-refractivity contribution in [2.24, 2.45) is 0 Å². The maximum atomic E-state index is 13.6. The summed E-state index contributed by atoms with van der Waals surface area (Å²) < 4.78 is 51.5. The van der Waals surface area contributed by atoms with Gasteiger partial charge < -0.3 is 5.32 Å². The number of hydrogen-bond acceptors (Lipinski definition) is 1. The van der Waals surface area contributed by atoms with Crippen molar-refractivity contribution in [3.63, 3.8) is 0 Å². The molecule has 21 heavy (non-hydrogen) atoms. The zero-order valence-corrected chi connectivity index (χ0v) is 12.4. The van der Waals surface area contributed by atoms with Gasteiger partial charge >= 0.3 is 6.18 Å². The molecule has 1 unspecified atom stereocenters. The van der Waals surface area contributed by atoms with Gasteiger partial charge in [0, 0.05) is 11.4 Å². The highest BCUT2D eigenvalue weighted by Crippen LogP contribution is 2.30. The largest absolute Gasteiger partial charge is 0.416 e. The Morgan fingerprint density at radius 2 is 1.95 bits per heavy atom. The fourth-order valence-electron chi connectivity index (χ4n) is 1.75. The molecule has 0 saturated carbocycles. The van der Waals surface area contributed by atoms with Crippen LogP contribution in [0.1, 0.15) is 42.6 Å². The first-order valence-corrected chi connectivity index (χ1v) is 6.91. The number of rotatable bonds is 5. The van der Waals surface area contributed by atoms with Gasteiger partial charge in [0.15, 0.2) is 0 Å². The molecular weight excluding hydrogens is 310 g/mol. The van der Waals surface area contributed by atoms with E-state index in [0.717, 1.165) is 0 Å². The van der Waals surface area contributed by atoms with Crippen molar-refractivity contribution in [1.29, 1.82) is 0 Å². The predicted molar refractivity (Wildman–Crippen MR) is 72.9 cm³/mol. The Kier molecular flexibility index (Phi) is 5.61. The van der Waals surface area contributed by atoms with E-state index in [0.29, 0.717) is 31.0 Å². The van der Waals surface area contributed by atoms with Gasteiger partial charge in [0.1, 0.15) is 5.82 Å². The standard InChI is InChI=1S/C14H16ClF4NO/c1-3-13(2,6-7-15)20-12(21)10-8-9(14(17,18)19)4-5-11(10)16/h4-5,8H,3,6-7H2,1-2H3,(H,20,21). The molecule has 118 valence electrons. The number of amides is 1. The first-order valence-electron chi connectivity index (χ1n) is 6.38. The summed E-state index contributed by atoms with van der Waals surface area (Å²) in [5, 5.41) is 2.55. The summed E-state index contributed by atoms with van der Waals surface area (Å²) in [6.07, 6.45) is -3.68.